The topological polar surface area (TPSA) is 72.6 Å². The van der Waals surface area contributed by atoms with Gasteiger partial charge < -0.3 is 15.4 Å². The second-order valence-corrected chi connectivity index (χ2v) is 4.87. The van der Waals surface area contributed by atoms with Crippen molar-refractivity contribution in [2.75, 3.05) is 23.8 Å². The highest BCUT2D eigenvalue weighted by Crippen LogP contribution is 2.29. The fraction of sp³-hybridized carbons (Fsp3) is 0.467. The summed E-state index contributed by atoms with van der Waals surface area (Å²) in [7, 11) is 0. The molecule has 0 aromatic heterocycles. The number of ether oxygens (including phenoxy) is 1. The molecule has 20 heavy (non-hydrogen) atoms. The molecule has 0 radical (unpaired) electrons. The Kier molecular flexibility index (Phi) is 4.61. The predicted molar refractivity (Wildman–Crippen MR) is 77.4 cm³/mol. The Morgan fingerprint density at radius 2 is 2.15 bits per heavy atom. The number of esters is 1. The van der Waals surface area contributed by atoms with Gasteiger partial charge in [0.2, 0.25) is 5.91 Å². The third-order valence-electron chi connectivity index (χ3n) is 3.38. The van der Waals surface area contributed by atoms with E-state index in [0.29, 0.717) is 12.2 Å². The molecule has 0 saturated carbocycles. The molecule has 1 aliphatic rings. The van der Waals surface area contributed by atoms with E-state index in [-0.39, 0.29) is 18.9 Å². The quantitative estimate of drug-likeness (QED) is 0.520. The van der Waals surface area contributed by atoms with Crippen LogP contribution in [0.1, 0.15) is 31.7 Å². The average molecular weight is 276 g/mol. The van der Waals surface area contributed by atoms with Crippen LogP contribution >= 0.6 is 0 Å². The zero-order valence-corrected chi connectivity index (χ0v) is 11.7. The summed E-state index contributed by atoms with van der Waals surface area (Å²) < 4.78 is 4.84. The molecule has 0 atom stereocenters. The number of aryl methyl sites for hydroxylation is 1. The number of nitrogens with two attached hydrogens (primary N) is 1. The van der Waals surface area contributed by atoms with Gasteiger partial charge in [0, 0.05) is 17.9 Å². The molecule has 0 unspecified atom stereocenters. The number of hydrogen-bond acceptors (Lipinski definition) is 4. The summed E-state index contributed by atoms with van der Waals surface area (Å²) in [4.78, 5) is 25.4. The van der Waals surface area contributed by atoms with Gasteiger partial charge >= 0.3 is 5.97 Å². The van der Waals surface area contributed by atoms with Gasteiger partial charge in [0.05, 0.1) is 6.61 Å². The van der Waals surface area contributed by atoms with Gasteiger partial charge in [0.15, 0.2) is 0 Å². The molecule has 0 aliphatic carbocycles. The Morgan fingerprint density at radius 1 is 1.35 bits per heavy atom. The lowest BCUT2D eigenvalue weighted by Crippen LogP contribution is -2.33. The van der Waals surface area contributed by atoms with Crippen molar-refractivity contribution in [1.82, 2.24) is 0 Å². The van der Waals surface area contributed by atoms with Gasteiger partial charge in [-0.1, -0.05) is 6.07 Å². The molecule has 1 aromatic carbocycles. The fourth-order valence-electron chi connectivity index (χ4n) is 2.44. The highest BCUT2D eigenvalue weighted by Gasteiger charge is 2.23. The fourth-order valence-corrected chi connectivity index (χ4v) is 2.44. The molecule has 0 bridgehead atoms. The number of hydrogen-bond donors (Lipinski definition) is 1. The first kappa shape index (κ1) is 14.4. The van der Waals surface area contributed by atoms with Crippen molar-refractivity contribution in [1.29, 1.82) is 0 Å². The SMILES string of the molecule is CCOC(=O)CC(=O)N1CCCCc2ccc(N)cc21. The lowest BCUT2D eigenvalue weighted by molar-refractivity contribution is -0.145. The Labute approximate surface area is 118 Å². The second kappa shape index (κ2) is 6.41. The molecule has 0 fully saturated rings. The molecule has 1 heterocycles. The van der Waals surface area contributed by atoms with Crippen molar-refractivity contribution in [3.05, 3.63) is 23.8 Å². The minimum atomic E-state index is -0.479. The van der Waals surface area contributed by atoms with Crippen LogP contribution in [0.2, 0.25) is 0 Å². The Hall–Kier alpha value is -2.04. The van der Waals surface area contributed by atoms with Crippen molar-refractivity contribution in [2.24, 2.45) is 0 Å². The smallest absolute Gasteiger partial charge is 0.315 e. The summed E-state index contributed by atoms with van der Waals surface area (Å²) in [6.45, 7) is 2.63. The van der Waals surface area contributed by atoms with Gasteiger partial charge in [-0.15, -0.1) is 0 Å². The monoisotopic (exact) mass is 276 g/mol. The summed E-state index contributed by atoms with van der Waals surface area (Å²) in [6, 6.07) is 5.61. The van der Waals surface area contributed by atoms with E-state index in [2.05, 4.69) is 0 Å². The van der Waals surface area contributed by atoms with Crippen molar-refractivity contribution in [3.63, 3.8) is 0 Å². The molecule has 0 saturated heterocycles. The Bertz CT molecular complexity index is 514. The van der Waals surface area contributed by atoms with Gasteiger partial charge in [-0.3, -0.25) is 9.59 Å². The predicted octanol–water partition coefficient (Wildman–Crippen LogP) is 1.89. The number of carbonyl (C=O) groups is 2. The zero-order valence-electron chi connectivity index (χ0n) is 11.7. The number of nitrogens with zero attached hydrogens (tertiary/aromatic N) is 1. The lowest BCUT2D eigenvalue weighted by atomic mass is 10.1. The number of nitrogen functional groups attached to an aromatic ring is 1. The highest BCUT2D eigenvalue weighted by molar-refractivity contribution is 6.04. The first-order valence-electron chi connectivity index (χ1n) is 6.96. The van der Waals surface area contributed by atoms with E-state index in [1.54, 1.807) is 11.8 Å². The maximum absolute atomic E-state index is 12.3. The van der Waals surface area contributed by atoms with Crippen molar-refractivity contribution >= 4 is 23.3 Å². The average Bonchev–Trinajstić information content (AvgIpc) is 2.60. The third-order valence-corrected chi connectivity index (χ3v) is 3.38. The molecule has 1 aliphatic heterocycles. The van der Waals surface area contributed by atoms with E-state index in [4.69, 9.17) is 10.5 Å². The second-order valence-electron chi connectivity index (χ2n) is 4.87. The first-order chi connectivity index (χ1) is 9.61. The van der Waals surface area contributed by atoms with Crippen LogP contribution in [0.15, 0.2) is 18.2 Å². The van der Waals surface area contributed by atoms with E-state index < -0.39 is 5.97 Å². The number of benzene rings is 1. The van der Waals surface area contributed by atoms with Crippen LogP contribution in [0.4, 0.5) is 11.4 Å². The lowest BCUT2D eigenvalue weighted by Gasteiger charge is -2.23. The van der Waals surface area contributed by atoms with Gasteiger partial charge in [-0.25, -0.2) is 0 Å². The van der Waals surface area contributed by atoms with E-state index >= 15 is 0 Å². The molecule has 2 N–H and O–H groups in total. The van der Waals surface area contributed by atoms with Gasteiger partial charge in [0.1, 0.15) is 6.42 Å². The van der Waals surface area contributed by atoms with Crippen LogP contribution in [-0.2, 0) is 20.7 Å². The molecule has 5 nitrogen and oxygen atoms in total. The van der Waals surface area contributed by atoms with Crippen LogP contribution in [0, 0.1) is 0 Å². The normalized spacial score (nSPS) is 14.3. The largest absolute Gasteiger partial charge is 0.466 e. The van der Waals surface area contributed by atoms with Crippen molar-refractivity contribution < 1.29 is 14.3 Å². The first-order valence-corrected chi connectivity index (χ1v) is 6.96. The van der Waals surface area contributed by atoms with Gasteiger partial charge in [-0.05, 0) is 43.9 Å². The number of amides is 1. The zero-order chi connectivity index (χ0) is 14.5. The molecular formula is C15H20N2O3. The Morgan fingerprint density at radius 3 is 2.90 bits per heavy atom. The number of carbonyl (C=O) groups excluding carboxylic acids is 2. The summed E-state index contributed by atoms with van der Waals surface area (Å²) in [5, 5.41) is 0. The van der Waals surface area contributed by atoms with Crippen molar-refractivity contribution in [3.8, 4) is 0 Å². The molecule has 2 rings (SSSR count). The van der Waals surface area contributed by atoms with E-state index in [0.717, 1.165) is 30.5 Å². The van der Waals surface area contributed by atoms with Crippen LogP contribution in [0.25, 0.3) is 0 Å². The molecule has 1 aromatic rings. The van der Waals surface area contributed by atoms with Crippen LogP contribution in [0.5, 0.6) is 0 Å². The highest BCUT2D eigenvalue weighted by atomic mass is 16.5. The molecular weight excluding hydrogens is 256 g/mol. The van der Waals surface area contributed by atoms with Crippen LogP contribution in [0.3, 0.4) is 0 Å². The standard InChI is InChI=1S/C15H20N2O3/c1-2-20-15(19)10-14(18)17-8-4-3-5-11-6-7-12(16)9-13(11)17/h6-7,9H,2-5,8,10,16H2,1H3. The molecule has 1 amide bonds. The summed E-state index contributed by atoms with van der Waals surface area (Å²) in [5.41, 5.74) is 8.38. The molecule has 0 spiro atoms. The van der Waals surface area contributed by atoms with Gasteiger partial charge in [0.25, 0.3) is 0 Å². The molecule has 5 heteroatoms. The molecule has 108 valence electrons. The number of rotatable bonds is 3. The van der Waals surface area contributed by atoms with Crippen molar-refractivity contribution in [2.45, 2.75) is 32.6 Å². The maximum atomic E-state index is 12.3. The van der Waals surface area contributed by atoms with E-state index in [1.807, 2.05) is 18.2 Å². The van der Waals surface area contributed by atoms with Crippen LogP contribution in [-0.4, -0.2) is 25.0 Å². The number of anilines is 2. The summed E-state index contributed by atoms with van der Waals surface area (Å²) in [6.07, 6.45) is 2.66. The third kappa shape index (κ3) is 3.29. The summed E-state index contributed by atoms with van der Waals surface area (Å²) >= 11 is 0. The maximum Gasteiger partial charge on any atom is 0.315 e. The Balaban J connectivity index is 2.21. The van der Waals surface area contributed by atoms with E-state index in [1.165, 1.54) is 0 Å². The van der Waals surface area contributed by atoms with Gasteiger partial charge in [-0.2, -0.15) is 0 Å². The van der Waals surface area contributed by atoms with Crippen LogP contribution < -0.4 is 10.6 Å². The van der Waals surface area contributed by atoms with E-state index in [9.17, 15) is 9.59 Å². The summed E-state index contributed by atoms with van der Waals surface area (Å²) in [5.74, 6) is -0.704. The minimum Gasteiger partial charge on any atom is -0.466 e. The number of fused-ring (bicyclic) bond motifs is 1. The minimum absolute atomic E-state index is 0.220.